The summed E-state index contributed by atoms with van der Waals surface area (Å²) in [7, 11) is 1.36. The van der Waals surface area contributed by atoms with E-state index in [1.165, 1.54) is 7.11 Å². The highest BCUT2D eigenvalue weighted by molar-refractivity contribution is 6.31. The number of benzene rings is 1. The van der Waals surface area contributed by atoms with E-state index in [4.69, 9.17) is 16.3 Å². The van der Waals surface area contributed by atoms with Gasteiger partial charge in [0.25, 0.3) is 0 Å². The van der Waals surface area contributed by atoms with Gasteiger partial charge in [-0.05, 0) is 11.6 Å². The standard InChI is InChI=1S/C14H16ClNO3/c1-19-14(18)13(11-4-2-3-5-12(11)15)16-8-6-10(17)7-9-16/h2-5,13H,6-9H2,1H3/t13-/m0/s1. The van der Waals surface area contributed by atoms with Gasteiger partial charge in [-0.25, -0.2) is 4.79 Å². The number of carbonyl (C=O) groups excluding carboxylic acids is 2. The number of nitrogens with zero attached hydrogens (tertiary/aromatic N) is 1. The molecule has 0 saturated carbocycles. The number of likely N-dealkylation sites (tertiary alicyclic amines) is 1. The molecular formula is C14H16ClNO3. The first-order chi connectivity index (χ1) is 9.13. The predicted octanol–water partition coefficient (Wildman–Crippen LogP) is 2.22. The lowest BCUT2D eigenvalue weighted by Crippen LogP contribution is -2.40. The summed E-state index contributed by atoms with van der Waals surface area (Å²) >= 11 is 6.17. The van der Waals surface area contributed by atoms with Crippen molar-refractivity contribution in [2.45, 2.75) is 18.9 Å². The first-order valence-electron chi connectivity index (χ1n) is 6.21. The SMILES string of the molecule is COC(=O)[C@H](c1ccccc1Cl)N1CCC(=O)CC1. The summed E-state index contributed by atoms with van der Waals surface area (Å²) in [4.78, 5) is 25.3. The number of methoxy groups -OCH3 is 1. The third-order valence-corrected chi connectivity index (χ3v) is 3.69. The molecule has 1 fully saturated rings. The molecule has 0 aromatic heterocycles. The topological polar surface area (TPSA) is 46.6 Å². The van der Waals surface area contributed by atoms with Crippen molar-refractivity contribution < 1.29 is 14.3 Å². The Balaban J connectivity index is 2.29. The number of carbonyl (C=O) groups is 2. The Morgan fingerprint density at radius 1 is 1.32 bits per heavy atom. The Kier molecular flexibility index (Phi) is 4.56. The van der Waals surface area contributed by atoms with Gasteiger partial charge in [0, 0.05) is 31.0 Å². The molecule has 1 aliphatic rings. The molecule has 5 heteroatoms. The van der Waals surface area contributed by atoms with E-state index in [9.17, 15) is 9.59 Å². The smallest absolute Gasteiger partial charge is 0.327 e. The highest BCUT2D eigenvalue weighted by Gasteiger charge is 2.32. The molecule has 1 aromatic carbocycles. The van der Waals surface area contributed by atoms with Gasteiger partial charge in [0.1, 0.15) is 11.8 Å². The number of ether oxygens (including phenoxy) is 1. The number of hydrogen-bond donors (Lipinski definition) is 0. The highest BCUT2D eigenvalue weighted by Crippen LogP contribution is 2.30. The number of halogens is 1. The predicted molar refractivity (Wildman–Crippen MR) is 72.0 cm³/mol. The quantitative estimate of drug-likeness (QED) is 0.797. The molecule has 0 amide bonds. The van der Waals surface area contributed by atoms with Gasteiger partial charge in [-0.1, -0.05) is 29.8 Å². The van der Waals surface area contributed by atoms with Crippen LogP contribution in [0, 0.1) is 0 Å². The molecule has 1 aromatic rings. The second-order valence-corrected chi connectivity index (χ2v) is 4.93. The fourth-order valence-corrected chi connectivity index (χ4v) is 2.55. The third-order valence-electron chi connectivity index (χ3n) is 3.35. The van der Waals surface area contributed by atoms with Gasteiger partial charge in [0.05, 0.1) is 7.11 Å². The maximum atomic E-state index is 12.0. The average Bonchev–Trinajstić information content (AvgIpc) is 2.43. The Bertz CT molecular complexity index is 479. The molecule has 2 rings (SSSR count). The van der Waals surface area contributed by atoms with Crippen LogP contribution in [0.2, 0.25) is 5.02 Å². The van der Waals surface area contributed by atoms with Crippen molar-refractivity contribution in [2.24, 2.45) is 0 Å². The normalized spacial score (nSPS) is 18.1. The van der Waals surface area contributed by atoms with E-state index in [0.717, 1.165) is 5.56 Å². The lowest BCUT2D eigenvalue weighted by molar-refractivity contribution is -0.148. The summed E-state index contributed by atoms with van der Waals surface area (Å²) in [5, 5.41) is 0.537. The van der Waals surface area contributed by atoms with Crippen molar-refractivity contribution in [2.75, 3.05) is 20.2 Å². The van der Waals surface area contributed by atoms with Crippen molar-refractivity contribution >= 4 is 23.4 Å². The van der Waals surface area contributed by atoms with E-state index >= 15 is 0 Å². The largest absolute Gasteiger partial charge is 0.468 e. The minimum Gasteiger partial charge on any atom is -0.468 e. The molecule has 0 N–H and O–H groups in total. The van der Waals surface area contributed by atoms with Gasteiger partial charge >= 0.3 is 5.97 Å². The molecule has 0 radical (unpaired) electrons. The molecule has 1 aliphatic heterocycles. The Labute approximate surface area is 117 Å². The molecule has 0 bridgehead atoms. The van der Waals surface area contributed by atoms with Crippen molar-refractivity contribution in [3.8, 4) is 0 Å². The second-order valence-electron chi connectivity index (χ2n) is 4.52. The van der Waals surface area contributed by atoms with E-state index in [2.05, 4.69) is 0 Å². The number of Topliss-reactive ketones (excluding diaryl/α,β-unsaturated/α-hetero) is 1. The Morgan fingerprint density at radius 2 is 1.95 bits per heavy atom. The van der Waals surface area contributed by atoms with Crippen LogP contribution in [0.3, 0.4) is 0 Å². The van der Waals surface area contributed by atoms with Crippen molar-refractivity contribution in [3.63, 3.8) is 0 Å². The fourth-order valence-electron chi connectivity index (χ4n) is 2.31. The fraction of sp³-hybridized carbons (Fsp3) is 0.429. The maximum Gasteiger partial charge on any atom is 0.327 e. The zero-order valence-electron chi connectivity index (χ0n) is 10.8. The molecule has 19 heavy (non-hydrogen) atoms. The van der Waals surface area contributed by atoms with Crippen LogP contribution >= 0.6 is 11.6 Å². The monoisotopic (exact) mass is 281 g/mol. The van der Waals surface area contributed by atoms with Crippen LogP contribution in [0.15, 0.2) is 24.3 Å². The van der Waals surface area contributed by atoms with Crippen LogP contribution in [-0.4, -0.2) is 36.9 Å². The molecule has 4 nitrogen and oxygen atoms in total. The summed E-state index contributed by atoms with van der Waals surface area (Å²) in [6, 6.07) is 6.70. The highest BCUT2D eigenvalue weighted by atomic mass is 35.5. The Morgan fingerprint density at radius 3 is 2.53 bits per heavy atom. The van der Waals surface area contributed by atoms with E-state index < -0.39 is 6.04 Å². The molecule has 0 aliphatic carbocycles. The number of hydrogen-bond acceptors (Lipinski definition) is 4. The lowest BCUT2D eigenvalue weighted by Gasteiger charge is -2.32. The van der Waals surface area contributed by atoms with Gasteiger partial charge in [0.15, 0.2) is 0 Å². The minimum atomic E-state index is -0.535. The summed E-state index contributed by atoms with van der Waals surface area (Å²) in [6.45, 7) is 1.12. The number of rotatable bonds is 3. The molecule has 102 valence electrons. The summed E-state index contributed by atoms with van der Waals surface area (Å²) < 4.78 is 4.88. The van der Waals surface area contributed by atoms with Gasteiger partial charge in [-0.15, -0.1) is 0 Å². The summed E-state index contributed by atoms with van der Waals surface area (Å²) in [5.74, 6) is -0.110. The van der Waals surface area contributed by atoms with Crippen LogP contribution in [0.25, 0.3) is 0 Å². The minimum absolute atomic E-state index is 0.235. The number of piperidine rings is 1. The van der Waals surface area contributed by atoms with Gasteiger partial charge in [0.2, 0.25) is 0 Å². The first-order valence-corrected chi connectivity index (χ1v) is 6.59. The molecule has 1 saturated heterocycles. The zero-order chi connectivity index (χ0) is 13.8. The lowest BCUT2D eigenvalue weighted by atomic mass is 10.0. The van der Waals surface area contributed by atoms with Crippen LogP contribution in [0.5, 0.6) is 0 Å². The van der Waals surface area contributed by atoms with Crippen LogP contribution in [0.1, 0.15) is 24.4 Å². The van der Waals surface area contributed by atoms with Crippen molar-refractivity contribution in [1.29, 1.82) is 0 Å². The number of ketones is 1. The molecule has 0 unspecified atom stereocenters. The average molecular weight is 282 g/mol. The molecule has 1 heterocycles. The van der Waals surface area contributed by atoms with Crippen molar-refractivity contribution in [3.05, 3.63) is 34.9 Å². The van der Waals surface area contributed by atoms with Gasteiger partial charge < -0.3 is 4.74 Å². The van der Waals surface area contributed by atoms with E-state index in [1.54, 1.807) is 6.07 Å². The molecule has 1 atom stereocenters. The van der Waals surface area contributed by atoms with Crippen LogP contribution in [0.4, 0.5) is 0 Å². The Hall–Kier alpha value is -1.39. The number of esters is 1. The van der Waals surface area contributed by atoms with E-state index in [1.807, 2.05) is 23.1 Å². The molecular weight excluding hydrogens is 266 g/mol. The summed E-state index contributed by atoms with van der Waals surface area (Å²) in [6.07, 6.45) is 0.940. The maximum absolute atomic E-state index is 12.0. The summed E-state index contributed by atoms with van der Waals surface area (Å²) in [5.41, 5.74) is 0.727. The van der Waals surface area contributed by atoms with Gasteiger partial charge in [-0.2, -0.15) is 0 Å². The van der Waals surface area contributed by atoms with Gasteiger partial charge in [-0.3, -0.25) is 9.69 Å². The third kappa shape index (κ3) is 3.14. The molecule has 0 spiro atoms. The second kappa shape index (κ2) is 6.17. The zero-order valence-corrected chi connectivity index (χ0v) is 11.5. The van der Waals surface area contributed by atoms with Crippen LogP contribution in [-0.2, 0) is 14.3 Å². The van der Waals surface area contributed by atoms with Crippen molar-refractivity contribution in [1.82, 2.24) is 4.90 Å². The first kappa shape index (κ1) is 14.0. The van der Waals surface area contributed by atoms with E-state index in [-0.39, 0.29) is 11.8 Å². The van der Waals surface area contributed by atoms with E-state index in [0.29, 0.717) is 31.0 Å². The van der Waals surface area contributed by atoms with Crippen LogP contribution < -0.4 is 0 Å².